The molecule has 0 aliphatic rings. The van der Waals surface area contributed by atoms with Gasteiger partial charge in [0.15, 0.2) is 5.13 Å². The number of thiazole rings is 1. The molecule has 5 nitrogen and oxygen atoms in total. The number of fused-ring (bicyclic) bond motifs is 1. The van der Waals surface area contributed by atoms with E-state index in [1.807, 2.05) is 38.4 Å². The Bertz CT molecular complexity index is 975. The van der Waals surface area contributed by atoms with Crippen molar-refractivity contribution in [2.75, 3.05) is 39.2 Å². The minimum atomic E-state index is -0.0830. The van der Waals surface area contributed by atoms with Gasteiger partial charge in [-0.15, -0.1) is 0 Å². The first kappa shape index (κ1) is 21.0. The van der Waals surface area contributed by atoms with Gasteiger partial charge in [0.05, 0.1) is 16.8 Å². The fourth-order valence-corrected chi connectivity index (χ4v) is 4.34. The van der Waals surface area contributed by atoms with E-state index in [9.17, 15) is 4.79 Å². The summed E-state index contributed by atoms with van der Waals surface area (Å²) in [5, 5.41) is 1.22. The molecule has 0 saturated carbocycles. The van der Waals surface area contributed by atoms with Crippen molar-refractivity contribution < 1.29 is 9.53 Å². The van der Waals surface area contributed by atoms with Crippen LogP contribution >= 0.6 is 38.9 Å². The van der Waals surface area contributed by atoms with Crippen molar-refractivity contribution in [3.63, 3.8) is 0 Å². The van der Waals surface area contributed by atoms with Crippen molar-refractivity contribution in [3.8, 4) is 5.75 Å². The number of hydrogen-bond donors (Lipinski definition) is 0. The molecule has 0 atom stereocenters. The second-order valence-electron chi connectivity index (χ2n) is 6.54. The monoisotopic (exact) mass is 481 g/mol. The Morgan fingerprint density at radius 2 is 1.89 bits per heavy atom. The highest BCUT2D eigenvalue weighted by Gasteiger charge is 2.23. The van der Waals surface area contributed by atoms with Crippen LogP contribution < -0.4 is 9.64 Å². The Balaban J connectivity index is 2.00. The van der Waals surface area contributed by atoms with E-state index in [1.165, 1.54) is 11.3 Å². The number of aromatic nitrogens is 1. The highest BCUT2D eigenvalue weighted by Crippen LogP contribution is 2.39. The maximum atomic E-state index is 13.2. The molecule has 3 aromatic rings. The summed E-state index contributed by atoms with van der Waals surface area (Å²) in [5.41, 5.74) is 1.29. The zero-order valence-corrected chi connectivity index (χ0v) is 19.1. The van der Waals surface area contributed by atoms with Gasteiger partial charge in [-0.1, -0.05) is 38.9 Å². The van der Waals surface area contributed by atoms with Crippen molar-refractivity contribution in [3.05, 3.63) is 51.5 Å². The largest absolute Gasteiger partial charge is 0.494 e. The number of carbonyl (C=O) groups is 1. The Morgan fingerprint density at radius 1 is 1.18 bits per heavy atom. The molecule has 0 aliphatic carbocycles. The van der Waals surface area contributed by atoms with Gasteiger partial charge in [-0.05, 0) is 63.5 Å². The average Bonchev–Trinajstić information content (AvgIpc) is 3.11. The normalized spacial score (nSPS) is 11.2. The lowest BCUT2D eigenvalue weighted by atomic mass is 10.2. The molecule has 0 spiro atoms. The fraction of sp³-hybridized carbons (Fsp3) is 0.300. The zero-order valence-electron chi connectivity index (χ0n) is 15.9. The molecule has 0 aliphatic heterocycles. The van der Waals surface area contributed by atoms with Crippen LogP contribution in [0.2, 0.25) is 5.02 Å². The van der Waals surface area contributed by atoms with Crippen LogP contribution in [0.3, 0.4) is 0 Å². The molecular weight excluding hydrogens is 462 g/mol. The third-order valence-electron chi connectivity index (χ3n) is 4.22. The lowest BCUT2D eigenvalue weighted by Gasteiger charge is -2.21. The smallest absolute Gasteiger partial charge is 0.260 e. The SMILES string of the molecule is COc1ccc(Cl)c2sc(N(CCCN(C)C)C(=O)c3ccc(Br)cc3)nc12. The Morgan fingerprint density at radius 3 is 2.54 bits per heavy atom. The molecule has 8 heteroatoms. The second kappa shape index (κ2) is 9.22. The summed E-state index contributed by atoms with van der Waals surface area (Å²) in [7, 11) is 5.63. The standard InChI is InChI=1S/C20H21BrClN3O2S/c1-24(2)11-4-12-25(19(26)13-5-7-14(21)8-6-13)20-23-17-16(27-3)10-9-15(22)18(17)28-20/h5-10H,4,11-12H2,1-3H3. The molecular formula is C20H21BrClN3O2S. The van der Waals surface area contributed by atoms with Gasteiger partial charge in [0, 0.05) is 16.6 Å². The van der Waals surface area contributed by atoms with Gasteiger partial charge < -0.3 is 9.64 Å². The maximum absolute atomic E-state index is 13.2. The van der Waals surface area contributed by atoms with Crippen molar-refractivity contribution in [1.82, 2.24) is 9.88 Å². The summed E-state index contributed by atoms with van der Waals surface area (Å²) in [5.74, 6) is 0.562. The minimum Gasteiger partial charge on any atom is -0.494 e. The summed E-state index contributed by atoms with van der Waals surface area (Å²) in [4.78, 5) is 21.8. The van der Waals surface area contributed by atoms with Crippen LogP contribution in [0.4, 0.5) is 5.13 Å². The predicted molar refractivity (Wildman–Crippen MR) is 120 cm³/mol. The number of anilines is 1. The highest BCUT2D eigenvalue weighted by molar-refractivity contribution is 9.10. The Hall–Kier alpha value is -1.67. The molecule has 0 bridgehead atoms. The van der Waals surface area contributed by atoms with E-state index in [1.54, 1.807) is 24.1 Å². The van der Waals surface area contributed by atoms with Crippen LogP contribution in [0, 0.1) is 0 Å². The summed E-state index contributed by atoms with van der Waals surface area (Å²) < 4.78 is 7.16. The average molecular weight is 483 g/mol. The van der Waals surface area contributed by atoms with E-state index in [0.29, 0.717) is 33.5 Å². The number of amides is 1. The summed E-state index contributed by atoms with van der Waals surface area (Å²) in [6, 6.07) is 10.9. The van der Waals surface area contributed by atoms with Crippen LogP contribution in [0.25, 0.3) is 10.2 Å². The van der Waals surface area contributed by atoms with Gasteiger partial charge in [0.2, 0.25) is 0 Å². The number of hydrogen-bond acceptors (Lipinski definition) is 5. The van der Waals surface area contributed by atoms with Crippen LogP contribution in [0.15, 0.2) is 40.9 Å². The number of rotatable bonds is 7. The Labute approximate surface area is 182 Å². The zero-order chi connectivity index (χ0) is 20.3. The van der Waals surface area contributed by atoms with Gasteiger partial charge in [-0.3, -0.25) is 9.69 Å². The summed E-state index contributed by atoms with van der Waals surface area (Å²) in [6.45, 7) is 1.44. The van der Waals surface area contributed by atoms with E-state index in [4.69, 9.17) is 21.3 Å². The molecule has 2 aromatic carbocycles. The van der Waals surface area contributed by atoms with E-state index in [-0.39, 0.29) is 5.91 Å². The number of methoxy groups -OCH3 is 1. The molecule has 1 amide bonds. The molecule has 148 valence electrons. The van der Waals surface area contributed by atoms with Crippen molar-refractivity contribution in [1.29, 1.82) is 0 Å². The molecule has 28 heavy (non-hydrogen) atoms. The van der Waals surface area contributed by atoms with E-state index in [2.05, 4.69) is 20.8 Å². The van der Waals surface area contributed by atoms with Crippen molar-refractivity contribution in [2.45, 2.75) is 6.42 Å². The van der Waals surface area contributed by atoms with Crippen LogP contribution in [0.1, 0.15) is 16.8 Å². The van der Waals surface area contributed by atoms with Gasteiger partial charge in [0.1, 0.15) is 11.3 Å². The molecule has 0 radical (unpaired) electrons. The van der Waals surface area contributed by atoms with Crippen LogP contribution in [-0.2, 0) is 0 Å². The molecule has 3 rings (SSSR count). The topological polar surface area (TPSA) is 45.7 Å². The van der Waals surface area contributed by atoms with Gasteiger partial charge in [-0.25, -0.2) is 4.98 Å². The van der Waals surface area contributed by atoms with Gasteiger partial charge >= 0.3 is 0 Å². The molecule has 0 fully saturated rings. The van der Waals surface area contributed by atoms with Gasteiger partial charge in [-0.2, -0.15) is 0 Å². The van der Waals surface area contributed by atoms with Crippen LogP contribution in [-0.4, -0.2) is 50.1 Å². The molecule has 0 unspecified atom stereocenters. The third kappa shape index (κ3) is 4.66. The lowest BCUT2D eigenvalue weighted by Crippen LogP contribution is -2.33. The first-order valence-electron chi connectivity index (χ1n) is 8.76. The quantitative estimate of drug-likeness (QED) is 0.457. The number of carbonyl (C=O) groups excluding carboxylic acids is 1. The maximum Gasteiger partial charge on any atom is 0.260 e. The second-order valence-corrected chi connectivity index (χ2v) is 8.84. The van der Waals surface area contributed by atoms with E-state index >= 15 is 0 Å². The van der Waals surface area contributed by atoms with E-state index < -0.39 is 0 Å². The molecule has 0 saturated heterocycles. The molecule has 1 heterocycles. The molecule has 0 N–H and O–H groups in total. The predicted octanol–water partition coefficient (Wildman–Crippen LogP) is 5.32. The number of benzene rings is 2. The van der Waals surface area contributed by atoms with Crippen molar-refractivity contribution in [2.24, 2.45) is 0 Å². The number of halogens is 2. The van der Waals surface area contributed by atoms with E-state index in [0.717, 1.165) is 22.1 Å². The Kier molecular flexibility index (Phi) is 6.93. The third-order valence-corrected chi connectivity index (χ3v) is 6.29. The first-order valence-corrected chi connectivity index (χ1v) is 10.7. The van der Waals surface area contributed by atoms with Crippen molar-refractivity contribution >= 4 is 60.1 Å². The summed E-state index contributed by atoms with van der Waals surface area (Å²) >= 11 is 11.2. The number of ether oxygens (including phenoxy) is 1. The molecule has 1 aromatic heterocycles. The minimum absolute atomic E-state index is 0.0830. The summed E-state index contributed by atoms with van der Waals surface area (Å²) in [6.07, 6.45) is 0.829. The van der Waals surface area contributed by atoms with Crippen LogP contribution in [0.5, 0.6) is 5.75 Å². The first-order chi connectivity index (χ1) is 13.4. The van der Waals surface area contributed by atoms with Gasteiger partial charge in [0.25, 0.3) is 5.91 Å². The lowest BCUT2D eigenvalue weighted by molar-refractivity contribution is 0.0986. The fourth-order valence-electron chi connectivity index (χ4n) is 2.80. The highest BCUT2D eigenvalue weighted by atomic mass is 79.9. The number of nitrogens with zero attached hydrogens (tertiary/aromatic N) is 3.